The smallest absolute Gasteiger partial charge is 0.262 e. The molecule has 0 saturated carbocycles. The van der Waals surface area contributed by atoms with Crippen LogP contribution in [0, 0.1) is 18.3 Å². The van der Waals surface area contributed by atoms with Gasteiger partial charge in [0.2, 0.25) is 5.88 Å². The lowest BCUT2D eigenvalue weighted by Crippen LogP contribution is -2.20. The molecule has 1 amide bonds. The SMILES string of the molecule is Cc1cc(Oc2ncccc2C#N)ccc1NC(=O)COc1cccc(Cl)c1. The van der Waals surface area contributed by atoms with Gasteiger partial charge in [-0.1, -0.05) is 17.7 Å². The molecular weight excluding hydrogens is 378 g/mol. The maximum Gasteiger partial charge on any atom is 0.262 e. The summed E-state index contributed by atoms with van der Waals surface area (Å²) in [6.45, 7) is 1.70. The van der Waals surface area contributed by atoms with Crippen molar-refractivity contribution in [2.45, 2.75) is 6.92 Å². The van der Waals surface area contributed by atoms with Gasteiger partial charge in [-0.3, -0.25) is 4.79 Å². The molecule has 0 atom stereocenters. The second-order valence-corrected chi connectivity index (χ2v) is 6.28. The molecule has 1 aromatic heterocycles. The van der Waals surface area contributed by atoms with Gasteiger partial charge < -0.3 is 14.8 Å². The maximum atomic E-state index is 12.1. The standard InChI is InChI=1S/C21H16ClN3O3/c1-14-10-18(28-21-15(12-23)4-3-9-24-21)7-8-19(14)25-20(26)13-27-17-6-2-5-16(22)11-17/h2-11H,13H2,1H3,(H,25,26). The van der Waals surface area contributed by atoms with Crippen molar-refractivity contribution < 1.29 is 14.3 Å². The number of aromatic nitrogens is 1. The Morgan fingerprint density at radius 3 is 2.79 bits per heavy atom. The molecule has 0 fully saturated rings. The number of ether oxygens (including phenoxy) is 2. The van der Waals surface area contributed by atoms with Crippen molar-refractivity contribution in [2.75, 3.05) is 11.9 Å². The minimum absolute atomic E-state index is 0.141. The first kappa shape index (κ1) is 19.2. The largest absolute Gasteiger partial charge is 0.484 e. The Bertz CT molecular complexity index is 1050. The van der Waals surface area contributed by atoms with Crippen molar-refractivity contribution in [3.8, 4) is 23.4 Å². The molecule has 3 aromatic rings. The summed E-state index contributed by atoms with van der Waals surface area (Å²) in [4.78, 5) is 16.2. The number of pyridine rings is 1. The molecule has 0 bridgehead atoms. The molecule has 0 aliphatic heterocycles. The minimum Gasteiger partial charge on any atom is -0.484 e. The first-order chi connectivity index (χ1) is 13.5. The highest BCUT2D eigenvalue weighted by Crippen LogP contribution is 2.26. The van der Waals surface area contributed by atoms with E-state index in [9.17, 15) is 4.79 Å². The zero-order valence-corrected chi connectivity index (χ0v) is 15.7. The second kappa shape index (κ2) is 8.89. The van der Waals surface area contributed by atoms with Crippen LogP contribution in [0.25, 0.3) is 0 Å². The Labute approximate surface area is 167 Å². The fraction of sp³-hybridized carbons (Fsp3) is 0.0952. The summed E-state index contributed by atoms with van der Waals surface area (Å²) in [5.74, 6) is 0.969. The number of anilines is 1. The summed E-state index contributed by atoms with van der Waals surface area (Å²) in [5, 5.41) is 12.4. The summed E-state index contributed by atoms with van der Waals surface area (Å²) in [6, 6.07) is 17.3. The number of rotatable bonds is 6. The van der Waals surface area contributed by atoms with Crippen LogP contribution in [0.1, 0.15) is 11.1 Å². The molecule has 0 spiro atoms. The van der Waals surface area contributed by atoms with E-state index in [4.69, 9.17) is 26.3 Å². The third kappa shape index (κ3) is 5.00. The zero-order chi connectivity index (χ0) is 19.9. The van der Waals surface area contributed by atoms with Crippen LogP contribution in [-0.2, 0) is 4.79 Å². The third-order valence-corrected chi connectivity index (χ3v) is 3.98. The van der Waals surface area contributed by atoms with Gasteiger partial charge in [-0.25, -0.2) is 4.98 Å². The average Bonchev–Trinajstić information content (AvgIpc) is 2.69. The number of benzene rings is 2. The van der Waals surface area contributed by atoms with Gasteiger partial charge in [-0.05, 0) is 61.0 Å². The van der Waals surface area contributed by atoms with Crippen molar-refractivity contribution >= 4 is 23.2 Å². The van der Waals surface area contributed by atoms with Gasteiger partial charge in [-0.15, -0.1) is 0 Å². The van der Waals surface area contributed by atoms with E-state index >= 15 is 0 Å². The summed E-state index contributed by atoms with van der Waals surface area (Å²) in [7, 11) is 0. The number of nitrogens with zero attached hydrogens (tertiary/aromatic N) is 2. The predicted octanol–water partition coefficient (Wildman–Crippen LogP) is 4.72. The predicted molar refractivity (Wildman–Crippen MR) is 106 cm³/mol. The van der Waals surface area contributed by atoms with Crippen LogP contribution in [0.15, 0.2) is 60.8 Å². The number of halogens is 1. The number of hydrogen-bond acceptors (Lipinski definition) is 5. The van der Waals surface area contributed by atoms with Crippen molar-refractivity contribution in [1.82, 2.24) is 4.98 Å². The summed E-state index contributed by atoms with van der Waals surface area (Å²) in [5.41, 5.74) is 1.77. The number of nitrogens with one attached hydrogen (secondary N) is 1. The molecule has 0 aliphatic rings. The minimum atomic E-state index is -0.298. The molecule has 0 radical (unpaired) electrons. The highest BCUT2D eigenvalue weighted by Gasteiger charge is 2.09. The van der Waals surface area contributed by atoms with Crippen molar-refractivity contribution in [2.24, 2.45) is 0 Å². The van der Waals surface area contributed by atoms with E-state index in [2.05, 4.69) is 10.3 Å². The quantitative estimate of drug-likeness (QED) is 0.654. The van der Waals surface area contributed by atoms with Gasteiger partial charge in [0.25, 0.3) is 5.91 Å². The van der Waals surface area contributed by atoms with Crippen LogP contribution in [0.5, 0.6) is 17.4 Å². The Kier molecular flexibility index (Phi) is 6.10. The Hall–Kier alpha value is -3.56. The van der Waals surface area contributed by atoms with Crippen LogP contribution >= 0.6 is 11.6 Å². The van der Waals surface area contributed by atoms with E-state index in [1.54, 1.807) is 60.8 Å². The van der Waals surface area contributed by atoms with E-state index in [0.29, 0.717) is 27.8 Å². The lowest BCUT2D eigenvalue weighted by atomic mass is 10.2. The van der Waals surface area contributed by atoms with Gasteiger partial charge in [0.1, 0.15) is 23.1 Å². The highest BCUT2D eigenvalue weighted by molar-refractivity contribution is 6.30. The highest BCUT2D eigenvalue weighted by atomic mass is 35.5. The molecule has 7 heteroatoms. The van der Waals surface area contributed by atoms with Crippen molar-refractivity contribution in [3.63, 3.8) is 0 Å². The van der Waals surface area contributed by atoms with E-state index in [1.807, 2.05) is 13.0 Å². The molecule has 0 unspecified atom stereocenters. The van der Waals surface area contributed by atoms with E-state index in [0.717, 1.165) is 5.56 Å². The first-order valence-corrected chi connectivity index (χ1v) is 8.75. The molecule has 28 heavy (non-hydrogen) atoms. The van der Waals surface area contributed by atoms with Gasteiger partial charge in [-0.2, -0.15) is 5.26 Å². The molecule has 1 heterocycles. The number of aryl methyl sites for hydroxylation is 1. The average molecular weight is 394 g/mol. The Morgan fingerprint density at radius 1 is 1.18 bits per heavy atom. The number of hydrogen-bond donors (Lipinski definition) is 1. The normalized spacial score (nSPS) is 10.0. The van der Waals surface area contributed by atoms with Crippen LogP contribution in [0.4, 0.5) is 5.69 Å². The lowest BCUT2D eigenvalue weighted by molar-refractivity contribution is -0.118. The lowest BCUT2D eigenvalue weighted by Gasteiger charge is -2.12. The van der Waals surface area contributed by atoms with E-state index in [1.165, 1.54) is 0 Å². The van der Waals surface area contributed by atoms with Gasteiger partial charge in [0.05, 0.1) is 0 Å². The van der Waals surface area contributed by atoms with Crippen molar-refractivity contribution in [3.05, 3.63) is 76.9 Å². The third-order valence-electron chi connectivity index (χ3n) is 3.74. The maximum absolute atomic E-state index is 12.1. The molecule has 0 saturated heterocycles. The zero-order valence-electron chi connectivity index (χ0n) is 15.0. The molecule has 140 valence electrons. The first-order valence-electron chi connectivity index (χ1n) is 8.37. The second-order valence-electron chi connectivity index (χ2n) is 5.84. The van der Waals surface area contributed by atoms with Gasteiger partial charge in [0, 0.05) is 16.9 Å². The number of carbonyl (C=O) groups excluding carboxylic acids is 1. The summed E-state index contributed by atoms with van der Waals surface area (Å²) < 4.78 is 11.1. The van der Waals surface area contributed by atoms with Crippen LogP contribution in [-0.4, -0.2) is 17.5 Å². The van der Waals surface area contributed by atoms with Crippen LogP contribution < -0.4 is 14.8 Å². The molecule has 2 aromatic carbocycles. The van der Waals surface area contributed by atoms with Crippen molar-refractivity contribution in [1.29, 1.82) is 5.26 Å². The van der Waals surface area contributed by atoms with Crippen LogP contribution in [0.3, 0.4) is 0 Å². The molecular formula is C21H16ClN3O3. The number of carbonyl (C=O) groups is 1. The fourth-order valence-electron chi connectivity index (χ4n) is 2.40. The molecule has 1 N–H and O–H groups in total. The molecule has 0 aliphatic carbocycles. The number of amides is 1. The van der Waals surface area contributed by atoms with E-state index in [-0.39, 0.29) is 18.4 Å². The Balaban J connectivity index is 1.62. The topological polar surface area (TPSA) is 84.2 Å². The van der Waals surface area contributed by atoms with Crippen LogP contribution in [0.2, 0.25) is 5.02 Å². The van der Waals surface area contributed by atoms with E-state index < -0.39 is 0 Å². The van der Waals surface area contributed by atoms with Gasteiger partial charge >= 0.3 is 0 Å². The van der Waals surface area contributed by atoms with Gasteiger partial charge in [0.15, 0.2) is 6.61 Å². The number of nitriles is 1. The molecule has 6 nitrogen and oxygen atoms in total. The summed E-state index contributed by atoms with van der Waals surface area (Å²) in [6.07, 6.45) is 1.55. The Morgan fingerprint density at radius 2 is 2.04 bits per heavy atom. The monoisotopic (exact) mass is 393 g/mol. The molecule has 3 rings (SSSR count). The fourth-order valence-corrected chi connectivity index (χ4v) is 2.58. The summed E-state index contributed by atoms with van der Waals surface area (Å²) >= 11 is 5.89.